The van der Waals surface area contributed by atoms with Crippen LogP contribution in [0, 0.1) is 0 Å². The molecule has 0 bridgehead atoms. The van der Waals surface area contributed by atoms with Crippen LogP contribution >= 0.6 is 0 Å². The number of alkyl halides is 3. The number of ether oxygens (including phenoxy) is 2. The van der Waals surface area contributed by atoms with Gasteiger partial charge in [0.15, 0.2) is 5.75 Å². The molecule has 3 aromatic rings. The fourth-order valence-corrected chi connectivity index (χ4v) is 3.65. The lowest BCUT2D eigenvalue weighted by Gasteiger charge is -2.23. The highest BCUT2D eigenvalue weighted by Gasteiger charge is 2.37. The van der Waals surface area contributed by atoms with Gasteiger partial charge in [-0.05, 0) is 38.0 Å². The number of carbonyl (C=O) groups excluding carboxylic acids is 1. The van der Waals surface area contributed by atoms with Gasteiger partial charge in [0, 0.05) is 11.1 Å². The fourth-order valence-electron chi connectivity index (χ4n) is 3.65. The number of rotatable bonds is 7. The van der Waals surface area contributed by atoms with E-state index in [9.17, 15) is 33.0 Å². The molecule has 4 N–H and O–H groups in total. The number of nitrogens with two attached hydrogens (primary N) is 1. The smallest absolute Gasteiger partial charge is 0.419 e. The second-order valence-electron chi connectivity index (χ2n) is 9.24. The van der Waals surface area contributed by atoms with E-state index in [2.05, 4.69) is 0 Å². The van der Waals surface area contributed by atoms with E-state index < -0.39 is 47.2 Å². The SMILES string of the molecule is CC(C)(C)OC(=O)c1c(COc2c(-c3ccccc3)ccc(CC(=O)O)c2N)ccc(C(F)(F)F)c1O. The highest BCUT2D eigenvalue weighted by Crippen LogP contribution is 2.41. The predicted octanol–water partition coefficient (Wildman–Crippen LogP) is 5.82. The van der Waals surface area contributed by atoms with Gasteiger partial charge in [0.25, 0.3) is 0 Å². The Bertz CT molecular complexity index is 1310. The summed E-state index contributed by atoms with van der Waals surface area (Å²) in [6, 6.07) is 13.7. The average molecular weight is 518 g/mol. The molecule has 0 unspecified atom stereocenters. The van der Waals surface area contributed by atoms with Gasteiger partial charge in [0.1, 0.15) is 23.5 Å². The molecule has 10 heteroatoms. The van der Waals surface area contributed by atoms with Crippen LogP contribution in [0.25, 0.3) is 11.1 Å². The molecule has 3 aromatic carbocycles. The lowest BCUT2D eigenvalue weighted by Crippen LogP contribution is -2.25. The van der Waals surface area contributed by atoms with Crippen LogP contribution in [0.1, 0.15) is 47.8 Å². The first-order valence-electron chi connectivity index (χ1n) is 11.2. The van der Waals surface area contributed by atoms with E-state index in [0.717, 1.165) is 6.07 Å². The number of aromatic hydroxyl groups is 1. The Morgan fingerprint density at radius 3 is 2.14 bits per heavy atom. The van der Waals surface area contributed by atoms with Gasteiger partial charge < -0.3 is 25.4 Å². The summed E-state index contributed by atoms with van der Waals surface area (Å²) in [7, 11) is 0. The number of nitrogen functional groups attached to an aromatic ring is 1. The molecule has 3 rings (SSSR count). The number of aliphatic carboxylic acids is 1. The van der Waals surface area contributed by atoms with Crippen molar-refractivity contribution >= 4 is 17.6 Å². The molecule has 0 radical (unpaired) electrons. The Morgan fingerprint density at radius 2 is 1.57 bits per heavy atom. The molecule has 0 fully saturated rings. The summed E-state index contributed by atoms with van der Waals surface area (Å²) >= 11 is 0. The Kier molecular flexibility index (Phi) is 7.71. The number of phenolic OH excluding ortho intramolecular Hbond substituents is 1. The minimum atomic E-state index is -4.92. The standard InChI is InChI=1S/C27H26F3NO6/c1-26(2,3)37-25(35)21-17(10-12-19(23(21)34)27(28,29)30)14-36-24-18(15-7-5-4-6-8-15)11-9-16(22(24)31)13-20(32)33/h4-12,34H,13-14,31H2,1-3H3,(H,32,33). The van der Waals surface area contributed by atoms with Gasteiger partial charge in [-0.3, -0.25) is 4.79 Å². The maximum absolute atomic E-state index is 13.4. The van der Waals surface area contributed by atoms with Crippen LogP contribution in [0.3, 0.4) is 0 Å². The molecule has 0 aliphatic carbocycles. The van der Waals surface area contributed by atoms with Crippen molar-refractivity contribution in [3.63, 3.8) is 0 Å². The normalized spacial score (nSPS) is 11.7. The number of phenols is 1. The van der Waals surface area contributed by atoms with Gasteiger partial charge in [-0.15, -0.1) is 0 Å². The fraction of sp³-hybridized carbons (Fsp3) is 0.259. The Balaban J connectivity index is 2.10. The van der Waals surface area contributed by atoms with Crippen molar-refractivity contribution in [2.24, 2.45) is 0 Å². The third kappa shape index (κ3) is 6.52. The van der Waals surface area contributed by atoms with E-state index in [4.69, 9.17) is 15.2 Å². The van der Waals surface area contributed by atoms with E-state index >= 15 is 0 Å². The first kappa shape index (κ1) is 27.4. The molecule has 0 atom stereocenters. The first-order chi connectivity index (χ1) is 17.2. The molecule has 0 saturated carbocycles. The van der Waals surface area contributed by atoms with Crippen LogP contribution in [-0.2, 0) is 28.7 Å². The van der Waals surface area contributed by atoms with E-state index in [1.54, 1.807) is 42.5 Å². The number of carbonyl (C=O) groups is 2. The third-order valence-corrected chi connectivity index (χ3v) is 5.26. The van der Waals surface area contributed by atoms with Gasteiger partial charge in [0.05, 0.1) is 17.7 Å². The zero-order chi connectivity index (χ0) is 27.5. The summed E-state index contributed by atoms with van der Waals surface area (Å²) in [5, 5.41) is 19.7. The maximum Gasteiger partial charge on any atom is 0.419 e. The molecule has 0 aromatic heterocycles. The Labute approximate surface area is 211 Å². The number of hydrogen-bond acceptors (Lipinski definition) is 6. The van der Waals surface area contributed by atoms with Crippen molar-refractivity contribution in [3.8, 4) is 22.6 Å². The lowest BCUT2D eigenvalue weighted by molar-refractivity contribution is -0.139. The topological polar surface area (TPSA) is 119 Å². The Hall–Kier alpha value is -4.21. The zero-order valence-corrected chi connectivity index (χ0v) is 20.3. The number of benzene rings is 3. The van der Waals surface area contributed by atoms with E-state index in [1.807, 2.05) is 0 Å². The summed E-state index contributed by atoms with van der Waals surface area (Å²) in [5.41, 5.74) is 4.52. The van der Waals surface area contributed by atoms with Gasteiger partial charge in [0.2, 0.25) is 0 Å². The lowest BCUT2D eigenvalue weighted by atomic mass is 9.99. The highest BCUT2D eigenvalue weighted by atomic mass is 19.4. The number of carboxylic acid groups (broad SMARTS) is 1. The van der Waals surface area contributed by atoms with E-state index in [-0.39, 0.29) is 29.0 Å². The maximum atomic E-state index is 13.4. The number of halogens is 3. The molecule has 0 saturated heterocycles. The average Bonchev–Trinajstić information content (AvgIpc) is 2.77. The van der Waals surface area contributed by atoms with Crippen LogP contribution in [0.15, 0.2) is 54.6 Å². The van der Waals surface area contributed by atoms with Crippen LogP contribution in [0.4, 0.5) is 18.9 Å². The molecule has 7 nitrogen and oxygen atoms in total. The van der Waals surface area contributed by atoms with Crippen molar-refractivity contribution in [3.05, 3.63) is 76.9 Å². The molecule has 0 aliphatic heterocycles. The van der Waals surface area contributed by atoms with Gasteiger partial charge >= 0.3 is 18.1 Å². The molecular weight excluding hydrogens is 491 g/mol. The second kappa shape index (κ2) is 10.4. The van der Waals surface area contributed by atoms with Gasteiger partial charge in [-0.2, -0.15) is 13.2 Å². The van der Waals surface area contributed by atoms with Crippen LogP contribution in [0.5, 0.6) is 11.5 Å². The molecule has 196 valence electrons. The highest BCUT2D eigenvalue weighted by molar-refractivity contribution is 5.95. The zero-order valence-electron chi connectivity index (χ0n) is 20.3. The van der Waals surface area contributed by atoms with Crippen molar-refractivity contribution < 1.29 is 42.4 Å². The summed E-state index contributed by atoms with van der Waals surface area (Å²) in [6.07, 6.45) is -5.31. The number of anilines is 1. The van der Waals surface area contributed by atoms with Gasteiger partial charge in [-0.25, -0.2) is 4.79 Å². The number of esters is 1. The first-order valence-corrected chi connectivity index (χ1v) is 11.2. The van der Waals surface area contributed by atoms with Crippen molar-refractivity contribution in [1.29, 1.82) is 0 Å². The van der Waals surface area contributed by atoms with Crippen LogP contribution in [0.2, 0.25) is 0 Å². The molecule has 0 aliphatic rings. The van der Waals surface area contributed by atoms with Crippen molar-refractivity contribution in [2.45, 2.75) is 45.6 Å². The second-order valence-corrected chi connectivity index (χ2v) is 9.24. The summed E-state index contributed by atoms with van der Waals surface area (Å²) in [4.78, 5) is 24.1. The van der Waals surface area contributed by atoms with E-state index in [1.165, 1.54) is 20.8 Å². The third-order valence-electron chi connectivity index (χ3n) is 5.26. The van der Waals surface area contributed by atoms with E-state index in [0.29, 0.717) is 17.2 Å². The number of carboxylic acids is 1. The molecular formula is C27H26F3NO6. The minimum Gasteiger partial charge on any atom is -0.506 e. The van der Waals surface area contributed by atoms with Crippen molar-refractivity contribution in [1.82, 2.24) is 0 Å². The molecule has 0 spiro atoms. The van der Waals surface area contributed by atoms with Crippen molar-refractivity contribution in [2.75, 3.05) is 5.73 Å². The number of hydrogen-bond donors (Lipinski definition) is 3. The molecule has 37 heavy (non-hydrogen) atoms. The predicted molar refractivity (Wildman–Crippen MR) is 130 cm³/mol. The minimum absolute atomic E-state index is 0.0266. The van der Waals surface area contributed by atoms with Crippen LogP contribution in [-0.4, -0.2) is 27.8 Å². The molecule has 0 amide bonds. The van der Waals surface area contributed by atoms with Gasteiger partial charge in [-0.1, -0.05) is 48.5 Å². The summed E-state index contributed by atoms with van der Waals surface area (Å²) in [6.45, 7) is 4.13. The summed E-state index contributed by atoms with van der Waals surface area (Å²) in [5.74, 6) is -3.48. The Morgan fingerprint density at radius 1 is 0.946 bits per heavy atom. The summed E-state index contributed by atoms with van der Waals surface area (Å²) < 4.78 is 51.5. The van der Waals surface area contributed by atoms with Crippen LogP contribution < -0.4 is 10.5 Å². The quantitative estimate of drug-likeness (QED) is 0.267. The monoisotopic (exact) mass is 517 g/mol. The molecule has 0 heterocycles. The largest absolute Gasteiger partial charge is 0.506 e.